The van der Waals surface area contributed by atoms with Gasteiger partial charge < -0.3 is 8.85 Å². The Labute approximate surface area is 151 Å². The highest BCUT2D eigenvalue weighted by atomic mass is 28.3. The molecule has 0 spiro atoms. The molecule has 0 radical (unpaired) electrons. The second kappa shape index (κ2) is 8.93. The summed E-state index contributed by atoms with van der Waals surface area (Å²) < 4.78 is 181. The van der Waals surface area contributed by atoms with Gasteiger partial charge in [0.15, 0.2) is 12.3 Å². The van der Waals surface area contributed by atoms with E-state index in [9.17, 15) is 57.1 Å². The van der Waals surface area contributed by atoms with Crippen LogP contribution in [0.2, 0.25) is 5.54 Å². The summed E-state index contributed by atoms with van der Waals surface area (Å²) in [7, 11) is -1.96. The van der Waals surface area contributed by atoms with Crippen molar-refractivity contribution in [3.8, 4) is 0 Å². The van der Waals surface area contributed by atoms with Crippen molar-refractivity contribution in [2.45, 2.75) is 61.1 Å². The predicted molar refractivity (Wildman–Crippen MR) is 71.1 cm³/mol. The average Bonchev–Trinajstić information content (AvgIpc) is 2.59. The molecule has 0 aliphatic carbocycles. The molecule has 0 saturated heterocycles. The third-order valence-electron chi connectivity index (χ3n) is 3.80. The lowest BCUT2D eigenvalue weighted by molar-refractivity contribution is -0.387. The van der Waals surface area contributed by atoms with Crippen LogP contribution in [0.1, 0.15) is 6.92 Å². The first-order valence-electron chi connectivity index (χ1n) is 7.13. The molecule has 0 aromatic carbocycles. The highest BCUT2D eigenvalue weighted by Gasteiger charge is 2.85. The van der Waals surface area contributed by atoms with Crippen molar-refractivity contribution < 1.29 is 65.9 Å². The zero-order valence-electron chi connectivity index (χ0n) is 14.2. The smallest absolute Gasteiger partial charge is 0.381 e. The molecule has 0 aliphatic heterocycles. The van der Waals surface area contributed by atoms with Gasteiger partial charge in [-0.1, -0.05) is 6.92 Å². The molecule has 0 fully saturated rings. The molecule has 0 saturated carbocycles. The first-order valence-corrected chi connectivity index (χ1v) is 8.74. The third-order valence-corrected chi connectivity index (χ3v) is 5.93. The van der Waals surface area contributed by atoms with E-state index >= 15 is 0 Å². The second-order valence-electron chi connectivity index (χ2n) is 5.68. The number of hydrogen-bond acceptors (Lipinski definition) is 2. The van der Waals surface area contributed by atoms with Crippen LogP contribution in [0.25, 0.3) is 0 Å². The largest absolute Gasteiger partial charge is 0.400 e. The summed E-state index contributed by atoms with van der Waals surface area (Å²) in [6, 6.07) is 0. The molecular weight excluding hydrogens is 451 g/mol. The summed E-state index contributed by atoms with van der Waals surface area (Å²) in [4.78, 5) is 0. The Hall–Kier alpha value is -0.773. The van der Waals surface area contributed by atoms with E-state index in [1.54, 1.807) is 0 Å². The fraction of sp³-hybridized carbons (Fsp3) is 1.00. The fourth-order valence-electron chi connectivity index (χ4n) is 2.09. The average molecular weight is 466 g/mol. The van der Waals surface area contributed by atoms with E-state index in [-0.39, 0.29) is 0 Å². The lowest BCUT2D eigenvalue weighted by Gasteiger charge is -2.40. The Bertz CT molecular complexity index is 500. The van der Waals surface area contributed by atoms with E-state index in [1.165, 1.54) is 0 Å². The zero-order chi connectivity index (χ0) is 22.9. The number of alkyl halides is 13. The van der Waals surface area contributed by atoms with Crippen LogP contribution in [0.3, 0.4) is 0 Å². The molecule has 0 rings (SSSR count). The van der Waals surface area contributed by atoms with Crippen molar-refractivity contribution >= 4 is 9.28 Å². The highest BCUT2D eigenvalue weighted by Crippen LogP contribution is 2.57. The molecule has 0 aromatic heterocycles. The molecule has 0 heterocycles. The molecule has 0 aromatic rings. The van der Waals surface area contributed by atoms with Crippen molar-refractivity contribution in [3.63, 3.8) is 0 Å². The fourth-order valence-corrected chi connectivity index (χ4v) is 3.66. The van der Waals surface area contributed by atoms with E-state index in [2.05, 4.69) is 8.85 Å². The van der Waals surface area contributed by atoms with E-state index in [4.69, 9.17) is 0 Å². The van der Waals surface area contributed by atoms with Gasteiger partial charge >= 0.3 is 33.0 Å². The molecule has 0 aliphatic rings. The molecule has 0 bridgehead atoms. The molecule has 4 atom stereocenters. The summed E-state index contributed by atoms with van der Waals surface area (Å²) in [5.41, 5.74) is -2.31. The Morgan fingerprint density at radius 1 is 0.643 bits per heavy atom. The predicted octanol–water partition coefficient (Wildman–Crippen LogP) is 4.71. The van der Waals surface area contributed by atoms with Crippen molar-refractivity contribution in [2.24, 2.45) is 0 Å². The lowest BCUT2D eigenvalue weighted by Crippen LogP contribution is -2.68. The lowest BCUT2D eigenvalue weighted by atomic mass is 9.91. The van der Waals surface area contributed by atoms with Gasteiger partial charge in [-0.05, 0) is 0 Å². The van der Waals surface area contributed by atoms with Gasteiger partial charge in [-0.15, -0.1) is 0 Å². The van der Waals surface area contributed by atoms with Crippen LogP contribution >= 0.6 is 0 Å². The highest BCUT2D eigenvalue weighted by molar-refractivity contribution is 6.46. The number of halogens is 13. The molecule has 16 heteroatoms. The van der Waals surface area contributed by atoms with E-state index in [0.717, 1.165) is 14.2 Å². The van der Waals surface area contributed by atoms with Crippen molar-refractivity contribution in [1.82, 2.24) is 0 Å². The van der Waals surface area contributed by atoms with Gasteiger partial charge in [0.05, 0.1) is 0 Å². The molecule has 2 nitrogen and oxygen atoms in total. The number of hydrogen-bond donors (Lipinski definition) is 0. The van der Waals surface area contributed by atoms with Gasteiger partial charge in [0.25, 0.3) is 6.43 Å². The van der Waals surface area contributed by atoms with E-state index < -0.39 is 63.5 Å². The summed E-state index contributed by atoms with van der Waals surface area (Å²) in [6.45, 7) is 0.473. The Morgan fingerprint density at radius 2 is 0.964 bits per heavy atom. The minimum atomic E-state index is -7.45. The van der Waals surface area contributed by atoms with Gasteiger partial charge in [-0.2, -0.15) is 35.1 Å². The normalized spacial score (nSPS) is 19.1. The van der Waals surface area contributed by atoms with Crippen molar-refractivity contribution in [2.75, 3.05) is 14.2 Å². The van der Waals surface area contributed by atoms with Crippen LogP contribution in [0.4, 0.5) is 57.1 Å². The summed E-state index contributed by atoms with van der Waals surface area (Å²) in [5, 5.41) is 0. The SMILES string of the molecule is CO[SiH](OC)C(C)C(F)C(F)(F)C(F)(F)C(F)(F)C(F)(F)C(F)C(F)C(F)F. The van der Waals surface area contributed by atoms with E-state index in [0.29, 0.717) is 6.92 Å². The Morgan fingerprint density at radius 3 is 1.25 bits per heavy atom. The first kappa shape index (κ1) is 27.2. The van der Waals surface area contributed by atoms with Crippen LogP contribution in [0.15, 0.2) is 0 Å². The summed E-state index contributed by atoms with van der Waals surface area (Å²) >= 11 is 0. The maximum absolute atomic E-state index is 13.9. The van der Waals surface area contributed by atoms with Gasteiger partial charge in [0.2, 0.25) is 6.17 Å². The monoisotopic (exact) mass is 466 g/mol. The number of rotatable bonds is 11. The van der Waals surface area contributed by atoms with Crippen LogP contribution in [-0.2, 0) is 8.85 Å². The molecule has 4 unspecified atom stereocenters. The summed E-state index contributed by atoms with van der Waals surface area (Å²) in [5.74, 6) is -28.4. The molecule has 0 amide bonds. The second-order valence-corrected chi connectivity index (χ2v) is 8.41. The molecule has 0 N–H and O–H groups in total. The van der Waals surface area contributed by atoms with Gasteiger partial charge in [-0.3, -0.25) is 0 Å². The standard InChI is InChI=1S/C12H15F13O2Si/c1-4(28(26-2)27-3)6(14)9(18,19)11(22,23)12(24,25)10(20,21)7(15)5(13)8(16)17/h4-8,28H,1-3H3. The van der Waals surface area contributed by atoms with Crippen LogP contribution in [0, 0.1) is 0 Å². The van der Waals surface area contributed by atoms with E-state index in [1.807, 2.05) is 0 Å². The molecule has 170 valence electrons. The topological polar surface area (TPSA) is 18.5 Å². The van der Waals surface area contributed by atoms with Gasteiger partial charge in [0.1, 0.15) is 0 Å². The zero-order valence-corrected chi connectivity index (χ0v) is 15.3. The maximum atomic E-state index is 13.9. The van der Waals surface area contributed by atoms with Crippen LogP contribution < -0.4 is 0 Å². The Kier molecular flexibility index (Phi) is 8.69. The first-order chi connectivity index (χ1) is 12.4. The minimum Gasteiger partial charge on any atom is -0.400 e. The summed E-state index contributed by atoms with van der Waals surface area (Å²) in [6.07, 6.45) is -18.9. The van der Waals surface area contributed by atoms with Gasteiger partial charge in [0, 0.05) is 19.8 Å². The van der Waals surface area contributed by atoms with Crippen molar-refractivity contribution in [3.05, 3.63) is 0 Å². The quantitative estimate of drug-likeness (QED) is 0.325. The minimum absolute atomic E-state index is 0.473. The van der Waals surface area contributed by atoms with Gasteiger partial charge in [-0.25, -0.2) is 22.0 Å². The molecule has 28 heavy (non-hydrogen) atoms. The van der Waals surface area contributed by atoms with Crippen LogP contribution in [0.5, 0.6) is 0 Å². The van der Waals surface area contributed by atoms with Crippen LogP contribution in [-0.4, -0.2) is 72.1 Å². The maximum Gasteiger partial charge on any atom is 0.381 e. The van der Waals surface area contributed by atoms with Crippen molar-refractivity contribution in [1.29, 1.82) is 0 Å². The Balaban J connectivity index is 6.09. The third kappa shape index (κ3) is 4.37. The molecular formula is C12H15F13O2Si.